The van der Waals surface area contributed by atoms with Crippen LogP contribution in [0.2, 0.25) is 0 Å². The van der Waals surface area contributed by atoms with E-state index < -0.39 is 0 Å². The Labute approximate surface area is 87.5 Å². The maximum atomic E-state index is 5.74. The van der Waals surface area contributed by atoms with Gasteiger partial charge in [-0.25, -0.2) is 0 Å². The van der Waals surface area contributed by atoms with Gasteiger partial charge in [-0.05, 0) is 20.3 Å². The number of aromatic nitrogens is 2. The average Bonchev–Trinajstić information content (AvgIpc) is 2.71. The Hall–Kier alpha value is -0.520. The first-order valence-electron chi connectivity index (χ1n) is 4.89. The first-order chi connectivity index (χ1) is 6.68. The lowest BCUT2D eigenvalue weighted by molar-refractivity contribution is 0.118. The van der Waals surface area contributed by atoms with Crippen molar-refractivity contribution in [2.45, 2.75) is 38.3 Å². The summed E-state index contributed by atoms with van der Waals surface area (Å²) in [7, 11) is 0. The molecule has 14 heavy (non-hydrogen) atoms. The van der Waals surface area contributed by atoms with Crippen molar-refractivity contribution >= 4 is 11.3 Å². The van der Waals surface area contributed by atoms with Crippen LogP contribution < -0.4 is 5.73 Å². The predicted molar refractivity (Wildman–Crippen MR) is 55.3 cm³/mol. The van der Waals surface area contributed by atoms with E-state index in [0.29, 0.717) is 5.92 Å². The van der Waals surface area contributed by atoms with Gasteiger partial charge in [0.25, 0.3) is 0 Å². The summed E-state index contributed by atoms with van der Waals surface area (Å²) >= 11 is 1.61. The molecule has 1 saturated heterocycles. The van der Waals surface area contributed by atoms with Crippen molar-refractivity contribution in [1.29, 1.82) is 0 Å². The summed E-state index contributed by atoms with van der Waals surface area (Å²) in [6, 6.07) is -0.0149. The number of hydrogen-bond donors (Lipinski definition) is 1. The van der Waals surface area contributed by atoms with Crippen LogP contribution in [0.1, 0.15) is 42.2 Å². The zero-order valence-corrected chi connectivity index (χ0v) is 9.25. The van der Waals surface area contributed by atoms with Gasteiger partial charge >= 0.3 is 0 Å². The standard InChI is InChI=1S/C9H15N3OS/c1-5(10)8-11-12-9(14-8)7-3-4-13-6(7)2/h5-7H,3-4,10H2,1-2H3. The van der Waals surface area contributed by atoms with E-state index in [4.69, 9.17) is 10.5 Å². The molecule has 3 atom stereocenters. The zero-order valence-electron chi connectivity index (χ0n) is 8.43. The van der Waals surface area contributed by atoms with Gasteiger partial charge in [0.1, 0.15) is 10.0 Å². The molecule has 1 aromatic rings. The maximum absolute atomic E-state index is 5.74. The van der Waals surface area contributed by atoms with E-state index in [0.717, 1.165) is 23.0 Å². The molecule has 1 aliphatic heterocycles. The van der Waals surface area contributed by atoms with Crippen molar-refractivity contribution in [1.82, 2.24) is 10.2 Å². The van der Waals surface area contributed by atoms with E-state index in [9.17, 15) is 0 Å². The third kappa shape index (κ3) is 1.80. The van der Waals surface area contributed by atoms with E-state index in [-0.39, 0.29) is 12.1 Å². The fourth-order valence-electron chi connectivity index (χ4n) is 1.64. The van der Waals surface area contributed by atoms with Crippen LogP contribution >= 0.6 is 11.3 Å². The van der Waals surface area contributed by atoms with Gasteiger partial charge in [0.05, 0.1) is 12.1 Å². The van der Waals surface area contributed by atoms with Crippen LogP contribution in [0.4, 0.5) is 0 Å². The molecule has 0 bridgehead atoms. The summed E-state index contributed by atoms with van der Waals surface area (Å²) in [5.41, 5.74) is 5.74. The number of ether oxygens (including phenoxy) is 1. The molecule has 2 rings (SSSR count). The Morgan fingerprint density at radius 2 is 2.36 bits per heavy atom. The largest absolute Gasteiger partial charge is 0.378 e. The molecule has 0 aliphatic carbocycles. The molecule has 2 N–H and O–H groups in total. The molecular formula is C9H15N3OS. The molecule has 78 valence electrons. The third-order valence-corrected chi connectivity index (χ3v) is 3.80. The highest BCUT2D eigenvalue weighted by molar-refractivity contribution is 7.11. The first kappa shape index (κ1) is 10.0. The van der Waals surface area contributed by atoms with Crippen molar-refractivity contribution in [3.63, 3.8) is 0 Å². The molecule has 0 amide bonds. The molecule has 0 radical (unpaired) electrons. The van der Waals surface area contributed by atoms with Crippen LogP contribution in [0.25, 0.3) is 0 Å². The SMILES string of the molecule is CC(N)c1nnc(C2CCOC2C)s1. The summed E-state index contributed by atoms with van der Waals surface area (Å²) in [4.78, 5) is 0. The highest BCUT2D eigenvalue weighted by atomic mass is 32.1. The molecule has 1 fully saturated rings. The Bertz CT molecular complexity index is 313. The van der Waals surface area contributed by atoms with Gasteiger partial charge in [-0.2, -0.15) is 0 Å². The zero-order chi connectivity index (χ0) is 10.1. The van der Waals surface area contributed by atoms with Crippen molar-refractivity contribution < 1.29 is 4.74 Å². The molecule has 3 unspecified atom stereocenters. The van der Waals surface area contributed by atoms with Crippen LogP contribution in [-0.4, -0.2) is 22.9 Å². The van der Waals surface area contributed by atoms with Gasteiger partial charge in [0.2, 0.25) is 0 Å². The summed E-state index contributed by atoms with van der Waals surface area (Å²) in [6.07, 6.45) is 1.32. The lowest BCUT2D eigenvalue weighted by Crippen LogP contribution is -2.08. The van der Waals surface area contributed by atoms with Crippen LogP contribution in [0.3, 0.4) is 0 Å². The van der Waals surface area contributed by atoms with Gasteiger partial charge in [0.15, 0.2) is 0 Å². The summed E-state index contributed by atoms with van der Waals surface area (Å²) in [5, 5.41) is 10.2. The Kier molecular flexibility index (Phi) is 2.80. The molecule has 0 saturated carbocycles. The van der Waals surface area contributed by atoms with E-state index >= 15 is 0 Å². The van der Waals surface area contributed by atoms with Gasteiger partial charge in [-0.3, -0.25) is 0 Å². The maximum Gasteiger partial charge on any atom is 0.133 e. The van der Waals surface area contributed by atoms with Crippen LogP contribution in [0.5, 0.6) is 0 Å². The van der Waals surface area contributed by atoms with Crippen molar-refractivity contribution in [2.24, 2.45) is 5.73 Å². The van der Waals surface area contributed by atoms with Crippen LogP contribution in [-0.2, 0) is 4.74 Å². The molecular weight excluding hydrogens is 198 g/mol. The lowest BCUT2D eigenvalue weighted by Gasteiger charge is -2.08. The van der Waals surface area contributed by atoms with E-state index in [1.807, 2.05) is 6.92 Å². The van der Waals surface area contributed by atoms with E-state index in [1.165, 1.54) is 0 Å². The second kappa shape index (κ2) is 3.92. The lowest BCUT2D eigenvalue weighted by atomic mass is 10.0. The number of nitrogens with zero attached hydrogens (tertiary/aromatic N) is 2. The summed E-state index contributed by atoms with van der Waals surface area (Å²) in [6.45, 7) is 4.85. The van der Waals surface area contributed by atoms with E-state index in [2.05, 4.69) is 17.1 Å². The quantitative estimate of drug-likeness (QED) is 0.807. The highest BCUT2D eigenvalue weighted by Gasteiger charge is 2.29. The summed E-state index contributed by atoms with van der Waals surface area (Å²) in [5.74, 6) is 0.417. The summed E-state index contributed by atoms with van der Waals surface area (Å²) < 4.78 is 5.50. The van der Waals surface area contributed by atoms with Gasteiger partial charge in [-0.1, -0.05) is 11.3 Å². The number of hydrogen-bond acceptors (Lipinski definition) is 5. The van der Waals surface area contributed by atoms with Crippen LogP contribution in [0, 0.1) is 0 Å². The van der Waals surface area contributed by atoms with Crippen molar-refractivity contribution in [2.75, 3.05) is 6.61 Å². The Morgan fingerprint density at radius 1 is 1.57 bits per heavy atom. The van der Waals surface area contributed by atoms with Crippen molar-refractivity contribution in [3.8, 4) is 0 Å². The molecule has 0 spiro atoms. The fourth-order valence-corrected chi connectivity index (χ4v) is 2.66. The Morgan fingerprint density at radius 3 is 2.86 bits per heavy atom. The second-order valence-corrected chi connectivity index (χ2v) is 4.78. The topological polar surface area (TPSA) is 61.0 Å². The minimum atomic E-state index is -0.0149. The monoisotopic (exact) mass is 213 g/mol. The highest BCUT2D eigenvalue weighted by Crippen LogP contribution is 2.33. The number of rotatable bonds is 2. The van der Waals surface area contributed by atoms with Gasteiger partial charge < -0.3 is 10.5 Å². The van der Waals surface area contributed by atoms with Gasteiger partial charge in [-0.15, -0.1) is 10.2 Å². The molecule has 4 nitrogen and oxygen atoms in total. The first-order valence-corrected chi connectivity index (χ1v) is 5.70. The number of nitrogens with two attached hydrogens (primary N) is 1. The second-order valence-electron chi connectivity index (χ2n) is 3.74. The molecule has 5 heteroatoms. The predicted octanol–water partition coefficient (Wildman–Crippen LogP) is 1.45. The third-order valence-electron chi connectivity index (χ3n) is 2.54. The van der Waals surface area contributed by atoms with E-state index in [1.54, 1.807) is 11.3 Å². The molecule has 0 aromatic carbocycles. The van der Waals surface area contributed by atoms with Crippen molar-refractivity contribution in [3.05, 3.63) is 10.0 Å². The normalized spacial score (nSPS) is 29.4. The molecule has 2 heterocycles. The minimum absolute atomic E-state index is 0.0149. The minimum Gasteiger partial charge on any atom is -0.378 e. The van der Waals surface area contributed by atoms with Crippen LogP contribution in [0.15, 0.2) is 0 Å². The Balaban J connectivity index is 2.16. The average molecular weight is 213 g/mol. The molecule has 1 aliphatic rings. The molecule has 1 aromatic heterocycles. The fraction of sp³-hybridized carbons (Fsp3) is 0.778. The van der Waals surface area contributed by atoms with Gasteiger partial charge in [0, 0.05) is 12.5 Å². The smallest absolute Gasteiger partial charge is 0.133 e.